The van der Waals surface area contributed by atoms with E-state index < -0.39 is 0 Å². The fourth-order valence-electron chi connectivity index (χ4n) is 3.85. The molecule has 2 aliphatic rings. The summed E-state index contributed by atoms with van der Waals surface area (Å²) in [5, 5.41) is 6.99. The maximum atomic E-state index is 14.1. The van der Waals surface area contributed by atoms with Gasteiger partial charge in [-0.3, -0.25) is 4.99 Å². The highest BCUT2D eigenvalue weighted by atomic mass is 79.9. The smallest absolute Gasteiger partial charge is 0.129 e. The lowest BCUT2D eigenvalue weighted by atomic mass is 9.71. The van der Waals surface area contributed by atoms with Crippen molar-refractivity contribution in [2.45, 2.75) is 25.8 Å². The molecule has 4 rings (SSSR count). The van der Waals surface area contributed by atoms with E-state index in [2.05, 4.69) is 44.8 Å². The van der Waals surface area contributed by atoms with Crippen molar-refractivity contribution in [3.63, 3.8) is 0 Å². The van der Waals surface area contributed by atoms with Crippen molar-refractivity contribution in [1.82, 2.24) is 5.32 Å². The molecule has 1 spiro atoms. The van der Waals surface area contributed by atoms with Gasteiger partial charge in [0.15, 0.2) is 0 Å². The quantitative estimate of drug-likeness (QED) is 0.775. The summed E-state index contributed by atoms with van der Waals surface area (Å²) in [6, 6.07) is 13.6. The summed E-state index contributed by atoms with van der Waals surface area (Å²) in [5.74, 6) is 0.796. The lowest BCUT2D eigenvalue weighted by molar-refractivity contribution is 0.293. The van der Waals surface area contributed by atoms with E-state index in [-0.39, 0.29) is 11.2 Å². The molecule has 5 heteroatoms. The van der Waals surface area contributed by atoms with Crippen molar-refractivity contribution >= 4 is 27.5 Å². The van der Waals surface area contributed by atoms with Crippen molar-refractivity contribution < 1.29 is 4.39 Å². The van der Waals surface area contributed by atoms with E-state index in [1.807, 2.05) is 12.1 Å². The molecule has 2 aliphatic heterocycles. The molecule has 2 aromatic carbocycles. The molecule has 2 aromatic rings. The van der Waals surface area contributed by atoms with Crippen molar-refractivity contribution in [2.75, 3.05) is 18.4 Å². The summed E-state index contributed by atoms with van der Waals surface area (Å²) < 4.78 is 14.9. The van der Waals surface area contributed by atoms with E-state index in [1.54, 1.807) is 6.07 Å². The molecule has 0 aromatic heterocycles. The third kappa shape index (κ3) is 3.35. The maximum absolute atomic E-state index is 14.1. The summed E-state index contributed by atoms with van der Waals surface area (Å²) in [7, 11) is 0. The van der Waals surface area contributed by atoms with Gasteiger partial charge in [-0.2, -0.15) is 0 Å². The standard InChI is InChI=1S/C20H21BrFN3/c21-16-6-5-15(17(22)11-16)13-24-19-20(7-9-23-10-8-20)12-14-3-1-2-4-18(14)25-19/h1-6,11,23H,7-10,12-13H2,(H,24,25). The van der Waals surface area contributed by atoms with Crippen LogP contribution in [0.15, 0.2) is 51.9 Å². The minimum Gasteiger partial charge on any atom is -0.343 e. The van der Waals surface area contributed by atoms with Gasteiger partial charge in [0.2, 0.25) is 0 Å². The SMILES string of the molecule is Fc1cc(Br)ccc1CN=C1Nc2ccccc2CC12CCNCC2. The molecule has 1 saturated heterocycles. The fourth-order valence-corrected chi connectivity index (χ4v) is 4.18. The van der Waals surface area contributed by atoms with Crippen LogP contribution in [-0.2, 0) is 13.0 Å². The van der Waals surface area contributed by atoms with Gasteiger partial charge < -0.3 is 10.6 Å². The Kier molecular flexibility index (Phi) is 4.61. The number of benzene rings is 2. The molecule has 1 fully saturated rings. The number of aliphatic imine (C=N–C) groups is 1. The molecule has 0 amide bonds. The molecule has 0 saturated carbocycles. The first-order chi connectivity index (χ1) is 12.2. The highest BCUT2D eigenvalue weighted by molar-refractivity contribution is 9.10. The van der Waals surface area contributed by atoms with Crippen LogP contribution in [0.2, 0.25) is 0 Å². The zero-order valence-corrected chi connectivity index (χ0v) is 15.6. The van der Waals surface area contributed by atoms with Gasteiger partial charge in [0.05, 0.1) is 6.54 Å². The second kappa shape index (κ2) is 6.89. The first kappa shape index (κ1) is 16.7. The van der Waals surface area contributed by atoms with Crippen molar-refractivity contribution in [3.8, 4) is 0 Å². The molecular weight excluding hydrogens is 381 g/mol. The molecule has 25 heavy (non-hydrogen) atoms. The van der Waals surface area contributed by atoms with Crippen molar-refractivity contribution in [3.05, 3.63) is 63.9 Å². The van der Waals surface area contributed by atoms with E-state index in [9.17, 15) is 4.39 Å². The van der Waals surface area contributed by atoms with Crippen LogP contribution in [0.25, 0.3) is 0 Å². The normalized spacial score (nSPS) is 20.3. The van der Waals surface area contributed by atoms with E-state index in [1.165, 1.54) is 11.6 Å². The van der Waals surface area contributed by atoms with Crippen LogP contribution >= 0.6 is 15.9 Å². The van der Waals surface area contributed by atoms with Gasteiger partial charge in [0.25, 0.3) is 0 Å². The van der Waals surface area contributed by atoms with Gasteiger partial charge in [0.1, 0.15) is 11.7 Å². The lowest BCUT2D eigenvalue weighted by Crippen LogP contribution is -2.48. The first-order valence-corrected chi connectivity index (χ1v) is 9.50. The topological polar surface area (TPSA) is 36.4 Å². The number of nitrogens with one attached hydrogen (secondary N) is 2. The minimum absolute atomic E-state index is 0.0332. The van der Waals surface area contributed by atoms with Gasteiger partial charge in [-0.25, -0.2) is 4.39 Å². The Labute approximate surface area is 155 Å². The number of fused-ring (bicyclic) bond motifs is 1. The summed E-state index contributed by atoms with van der Waals surface area (Å²) in [5.41, 5.74) is 3.13. The number of anilines is 1. The zero-order valence-electron chi connectivity index (χ0n) is 14.0. The largest absolute Gasteiger partial charge is 0.343 e. The van der Waals surface area contributed by atoms with Crippen LogP contribution in [0.1, 0.15) is 24.0 Å². The molecule has 2 heterocycles. The van der Waals surface area contributed by atoms with Crippen molar-refractivity contribution in [1.29, 1.82) is 0 Å². The highest BCUT2D eigenvalue weighted by Crippen LogP contribution is 2.40. The molecule has 0 radical (unpaired) electrons. The summed E-state index contributed by atoms with van der Waals surface area (Å²) in [6.07, 6.45) is 3.10. The molecule has 0 unspecified atom stereocenters. The predicted octanol–water partition coefficient (Wildman–Crippen LogP) is 4.52. The number of rotatable bonds is 2. The maximum Gasteiger partial charge on any atom is 0.129 e. The average Bonchev–Trinajstić information content (AvgIpc) is 2.62. The molecule has 2 N–H and O–H groups in total. The number of amidine groups is 1. The van der Waals surface area contributed by atoms with Crippen LogP contribution < -0.4 is 10.6 Å². The van der Waals surface area contributed by atoms with Gasteiger partial charge in [-0.05, 0) is 56.1 Å². The third-order valence-electron chi connectivity index (χ3n) is 5.28. The molecular formula is C20H21BrFN3. The number of para-hydroxylation sites is 1. The molecule has 3 nitrogen and oxygen atoms in total. The fraction of sp³-hybridized carbons (Fsp3) is 0.350. The summed E-state index contributed by atoms with van der Waals surface area (Å²) >= 11 is 3.30. The van der Waals surface area contributed by atoms with E-state index in [0.717, 1.165) is 48.3 Å². The minimum atomic E-state index is -0.214. The molecule has 0 atom stereocenters. The Morgan fingerprint density at radius 2 is 1.92 bits per heavy atom. The Bertz CT molecular complexity index is 812. The molecule has 0 bridgehead atoms. The number of piperidine rings is 1. The van der Waals surface area contributed by atoms with Crippen LogP contribution in [-0.4, -0.2) is 18.9 Å². The van der Waals surface area contributed by atoms with Crippen LogP contribution in [0, 0.1) is 11.2 Å². The Balaban J connectivity index is 1.67. The van der Waals surface area contributed by atoms with E-state index in [4.69, 9.17) is 4.99 Å². The van der Waals surface area contributed by atoms with Crippen LogP contribution in [0.3, 0.4) is 0 Å². The molecule has 130 valence electrons. The Morgan fingerprint density at radius 3 is 2.72 bits per heavy atom. The van der Waals surface area contributed by atoms with Crippen LogP contribution in [0.5, 0.6) is 0 Å². The second-order valence-corrected chi connectivity index (χ2v) is 7.81. The Morgan fingerprint density at radius 1 is 1.12 bits per heavy atom. The second-order valence-electron chi connectivity index (χ2n) is 6.89. The van der Waals surface area contributed by atoms with Gasteiger partial charge >= 0.3 is 0 Å². The van der Waals surface area contributed by atoms with Gasteiger partial charge in [0, 0.05) is 21.1 Å². The first-order valence-electron chi connectivity index (χ1n) is 8.71. The Hall–Kier alpha value is -1.72. The van der Waals surface area contributed by atoms with Gasteiger partial charge in [-0.1, -0.05) is 40.2 Å². The summed E-state index contributed by atoms with van der Waals surface area (Å²) in [4.78, 5) is 4.84. The van der Waals surface area contributed by atoms with E-state index in [0.29, 0.717) is 12.1 Å². The number of hydrogen-bond acceptors (Lipinski definition) is 2. The predicted molar refractivity (Wildman–Crippen MR) is 104 cm³/mol. The van der Waals surface area contributed by atoms with Crippen LogP contribution in [0.4, 0.5) is 10.1 Å². The van der Waals surface area contributed by atoms with Gasteiger partial charge in [-0.15, -0.1) is 0 Å². The lowest BCUT2D eigenvalue weighted by Gasteiger charge is -2.42. The van der Waals surface area contributed by atoms with Crippen molar-refractivity contribution in [2.24, 2.45) is 10.4 Å². The zero-order chi connectivity index (χ0) is 17.3. The number of halogens is 2. The molecule has 0 aliphatic carbocycles. The number of nitrogens with zero attached hydrogens (tertiary/aromatic N) is 1. The van der Waals surface area contributed by atoms with E-state index >= 15 is 0 Å². The average molecular weight is 402 g/mol. The number of hydrogen-bond donors (Lipinski definition) is 2. The summed E-state index contributed by atoms with van der Waals surface area (Å²) in [6.45, 7) is 2.35. The third-order valence-corrected chi connectivity index (χ3v) is 5.78. The monoisotopic (exact) mass is 401 g/mol. The highest BCUT2D eigenvalue weighted by Gasteiger charge is 2.40.